The lowest BCUT2D eigenvalue weighted by atomic mass is 9.81. The van der Waals surface area contributed by atoms with Crippen molar-refractivity contribution < 1.29 is 19.4 Å². The average Bonchev–Trinajstić information content (AvgIpc) is 2.17. The quantitative estimate of drug-likeness (QED) is 0.782. The van der Waals surface area contributed by atoms with Crippen LogP contribution in [0.25, 0.3) is 0 Å². The molecular formula is C11H19NO4. The molecule has 92 valence electrons. The highest BCUT2D eigenvalue weighted by Gasteiger charge is 2.38. The van der Waals surface area contributed by atoms with E-state index in [0.29, 0.717) is 25.9 Å². The number of amides is 1. The van der Waals surface area contributed by atoms with E-state index in [1.165, 1.54) is 0 Å². The first kappa shape index (κ1) is 12.8. The van der Waals surface area contributed by atoms with Crippen LogP contribution in [0.15, 0.2) is 0 Å². The van der Waals surface area contributed by atoms with Gasteiger partial charge in [0.25, 0.3) is 0 Å². The molecule has 0 aliphatic carbocycles. The van der Waals surface area contributed by atoms with E-state index in [4.69, 9.17) is 9.84 Å². The van der Waals surface area contributed by atoms with Crippen LogP contribution in [0.1, 0.15) is 33.6 Å². The predicted molar refractivity (Wildman–Crippen MR) is 58.2 cm³/mol. The van der Waals surface area contributed by atoms with Gasteiger partial charge in [0, 0.05) is 13.1 Å². The van der Waals surface area contributed by atoms with E-state index in [9.17, 15) is 9.59 Å². The summed E-state index contributed by atoms with van der Waals surface area (Å²) in [7, 11) is 0. The normalized spacial score (nSPS) is 19.6. The summed E-state index contributed by atoms with van der Waals surface area (Å²) in [5.74, 6) is -0.788. The minimum absolute atomic E-state index is 0.139. The molecule has 0 aromatic carbocycles. The number of carboxylic acids is 1. The molecule has 5 nitrogen and oxygen atoms in total. The molecule has 0 spiro atoms. The fourth-order valence-electron chi connectivity index (χ4n) is 1.67. The van der Waals surface area contributed by atoms with Gasteiger partial charge in [0.05, 0.1) is 11.5 Å². The third-order valence-corrected chi connectivity index (χ3v) is 2.98. The summed E-state index contributed by atoms with van der Waals surface area (Å²) in [4.78, 5) is 24.1. The molecule has 5 heteroatoms. The van der Waals surface area contributed by atoms with Crippen molar-refractivity contribution in [3.63, 3.8) is 0 Å². The van der Waals surface area contributed by atoms with Crippen LogP contribution in [0.5, 0.6) is 0 Å². The minimum Gasteiger partial charge on any atom is -0.481 e. The van der Waals surface area contributed by atoms with Crippen molar-refractivity contribution >= 4 is 12.1 Å². The number of aliphatic carboxylic acids is 1. The number of nitrogens with zero attached hydrogens (tertiary/aromatic N) is 1. The van der Waals surface area contributed by atoms with Crippen LogP contribution in [-0.4, -0.2) is 41.3 Å². The van der Waals surface area contributed by atoms with Crippen molar-refractivity contribution in [3.05, 3.63) is 0 Å². The van der Waals surface area contributed by atoms with Crippen molar-refractivity contribution in [2.24, 2.45) is 5.41 Å². The summed E-state index contributed by atoms with van der Waals surface area (Å²) in [6.45, 7) is 6.22. The van der Waals surface area contributed by atoms with Crippen LogP contribution in [0.4, 0.5) is 4.79 Å². The van der Waals surface area contributed by atoms with Gasteiger partial charge in [-0.05, 0) is 33.6 Å². The van der Waals surface area contributed by atoms with E-state index in [-0.39, 0.29) is 12.2 Å². The topological polar surface area (TPSA) is 66.8 Å². The van der Waals surface area contributed by atoms with Crippen molar-refractivity contribution in [2.75, 3.05) is 13.1 Å². The van der Waals surface area contributed by atoms with Gasteiger partial charge in [0.1, 0.15) is 0 Å². The van der Waals surface area contributed by atoms with E-state index in [1.54, 1.807) is 25.7 Å². The highest BCUT2D eigenvalue weighted by atomic mass is 16.6. The summed E-state index contributed by atoms with van der Waals surface area (Å²) >= 11 is 0. The van der Waals surface area contributed by atoms with Gasteiger partial charge in [-0.25, -0.2) is 4.79 Å². The molecule has 1 amide bonds. The largest absolute Gasteiger partial charge is 0.481 e. The molecule has 0 bridgehead atoms. The maximum absolute atomic E-state index is 11.5. The summed E-state index contributed by atoms with van der Waals surface area (Å²) in [6.07, 6.45) is 0.480. The molecule has 1 N–H and O–H groups in total. The molecule has 1 heterocycles. The first-order chi connectivity index (χ1) is 7.35. The standard InChI is InChI=1S/C11H19NO4/c1-8(2)16-10(15)12-6-4-11(3,5-7-12)9(13)14/h8H,4-7H2,1-3H3,(H,13,14). The van der Waals surface area contributed by atoms with E-state index in [1.807, 2.05) is 0 Å². The zero-order chi connectivity index (χ0) is 12.3. The number of carbonyl (C=O) groups excluding carboxylic acids is 1. The van der Waals surface area contributed by atoms with Gasteiger partial charge < -0.3 is 14.7 Å². The third-order valence-electron chi connectivity index (χ3n) is 2.98. The lowest BCUT2D eigenvalue weighted by Gasteiger charge is -2.36. The average molecular weight is 229 g/mol. The molecule has 0 radical (unpaired) electrons. The van der Waals surface area contributed by atoms with E-state index in [0.717, 1.165) is 0 Å². The van der Waals surface area contributed by atoms with E-state index in [2.05, 4.69) is 0 Å². The number of carbonyl (C=O) groups is 2. The van der Waals surface area contributed by atoms with E-state index >= 15 is 0 Å². The first-order valence-corrected chi connectivity index (χ1v) is 5.54. The summed E-state index contributed by atoms with van der Waals surface area (Å²) in [6, 6.07) is 0. The summed E-state index contributed by atoms with van der Waals surface area (Å²) in [5.41, 5.74) is -0.700. The second-order valence-corrected chi connectivity index (χ2v) is 4.79. The van der Waals surface area contributed by atoms with Gasteiger partial charge in [-0.1, -0.05) is 0 Å². The fraction of sp³-hybridized carbons (Fsp3) is 0.818. The molecule has 0 saturated carbocycles. The number of ether oxygens (including phenoxy) is 1. The van der Waals surface area contributed by atoms with Gasteiger partial charge in [0.2, 0.25) is 0 Å². The van der Waals surface area contributed by atoms with E-state index < -0.39 is 11.4 Å². The van der Waals surface area contributed by atoms with Crippen LogP contribution >= 0.6 is 0 Å². The molecule has 1 aliphatic rings. The number of carboxylic acid groups (broad SMARTS) is 1. The predicted octanol–water partition coefficient (Wildman–Crippen LogP) is 1.72. The van der Waals surface area contributed by atoms with Gasteiger partial charge in [-0.3, -0.25) is 4.79 Å². The molecule has 0 unspecified atom stereocenters. The second-order valence-electron chi connectivity index (χ2n) is 4.79. The fourth-order valence-corrected chi connectivity index (χ4v) is 1.67. The van der Waals surface area contributed by atoms with Crippen molar-refractivity contribution in [1.29, 1.82) is 0 Å². The Kier molecular flexibility index (Phi) is 3.78. The van der Waals surface area contributed by atoms with Crippen molar-refractivity contribution in [1.82, 2.24) is 4.90 Å². The molecule has 1 aliphatic heterocycles. The highest BCUT2D eigenvalue weighted by molar-refractivity contribution is 5.75. The van der Waals surface area contributed by atoms with Crippen molar-refractivity contribution in [2.45, 2.75) is 39.7 Å². The van der Waals surface area contributed by atoms with Crippen LogP contribution in [0.2, 0.25) is 0 Å². The molecule has 1 saturated heterocycles. The maximum Gasteiger partial charge on any atom is 0.410 e. The lowest BCUT2D eigenvalue weighted by molar-refractivity contribution is -0.150. The molecular weight excluding hydrogens is 210 g/mol. The number of rotatable bonds is 2. The Morgan fingerprint density at radius 2 is 1.81 bits per heavy atom. The SMILES string of the molecule is CC(C)OC(=O)N1CCC(C)(C(=O)O)CC1. The van der Waals surface area contributed by atoms with Crippen LogP contribution in [-0.2, 0) is 9.53 Å². The Hall–Kier alpha value is -1.26. The molecule has 0 aromatic rings. The smallest absolute Gasteiger partial charge is 0.410 e. The Labute approximate surface area is 95.4 Å². The molecule has 1 fully saturated rings. The number of likely N-dealkylation sites (tertiary alicyclic amines) is 1. The Bertz CT molecular complexity index is 280. The summed E-state index contributed by atoms with van der Waals surface area (Å²) in [5, 5.41) is 9.03. The maximum atomic E-state index is 11.5. The van der Waals surface area contributed by atoms with Crippen LogP contribution in [0, 0.1) is 5.41 Å². The molecule has 0 aromatic heterocycles. The first-order valence-electron chi connectivity index (χ1n) is 5.54. The van der Waals surface area contributed by atoms with Gasteiger partial charge in [-0.15, -0.1) is 0 Å². The van der Waals surface area contributed by atoms with Crippen molar-refractivity contribution in [3.8, 4) is 0 Å². The minimum atomic E-state index is -0.788. The zero-order valence-corrected chi connectivity index (χ0v) is 10.0. The monoisotopic (exact) mass is 229 g/mol. The third kappa shape index (κ3) is 2.87. The Balaban J connectivity index is 2.49. The van der Waals surface area contributed by atoms with Gasteiger partial charge >= 0.3 is 12.1 Å². The van der Waals surface area contributed by atoms with Crippen LogP contribution < -0.4 is 0 Å². The van der Waals surface area contributed by atoms with Gasteiger partial charge in [-0.2, -0.15) is 0 Å². The molecule has 1 rings (SSSR count). The number of hydrogen-bond acceptors (Lipinski definition) is 3. The molecule has 0 atom stereocenters. The van der Waals surface area contributed by atoms with Crippen LogP contribution in [0.3, 0.4) is 0 Å². The summed E-state index contributed by atoms with van der Waals surface area (Å²) < 4.78 is 5.06. The zero-order valence-electron chi connectivity index (χ0n) is 10.0. The number of piperidine rings is 1. The van der Waals surface area contributed by atoms with Gasteiger partial charge in [0.15, 0.2) is 0 Å². The Morgan fingerprint density at radius 3 is 2.19 bits per heavy atom. The Morgan fingerprint density at radius 1 is 1.31 bits per heavy atom. The highest BCUT2D eigenvalue weighted by Crippen LogP contribution is 2.31. The lowest BCUT2D eigenvalue weighted by Crippen LogP contribution is -2.45. The molecule has 16 heavy (non-hydrogen) atoms. The number of hydrogen-bond donors (Lipinski definition) is 1. The second kappa shape index (κ2) is 4.72.